The van der Waals surface area contributed by atoms with Crippen LogP contribution in [0.1, 0.15) is 31.7 Å². The molecule has 21 heavy (non-hydrogen) atoms. The van der Waals surface area contributed by atoms with Crippen LogP contribution in [0.2, 0.25) is 0 Å². The SMILES string of the molecule is CCOCCCOc1ccc([N+](=O)[O-])cc1CNC1CC1. The molecule has 0 atom stereocenters. The van der Waals surface area contributed by atoms with Gasteiger partial charge in [-0.2, -0.15) is 0 Å². The number of rotatable bonds is 10. The summed E-state index contributed by atoms with van der Waals surface area (Å²) in [7, 11) is 0. The van der Waals surface area contributed by atoms with Crippen molar-refractivity contribution in [2.75, 3.05) is 19.8 Å². The number of non-ortho nitro benzene ring substituents is 1. The van der Waals surface area contributed by atoms with Crippen molar-refractivity contribution in [1.29, 1.82) is 0 Å². The molecule has 6 heteroatoms. The molecule has 0 radical (unpaired) electrons. The Morgan fingerprint density at radius 2 is 2.19 bits per heavy atom. The van der Waals surface area contributed by atoms with Crippen LogP contribution >= 0.6 is 0 Å². The molecule has 1 aliphatic rings. The summed E-state index contributed by atoms with van der Waals surface area (Å²) in [6.45, 7) is 4.48. The van der Waals surface area contributed by atoms with E-state index in [1.807, 2.05) is 6.92 Å². The monoisotopic (exact) mass is 294 g/mol. The molecule has 6 nitrogen and oxygen atoms in total. The van der Waals surface area contributed by atoms with Gasteiger partial charge in [0.2, 0.25) is 0 Å². The Kier molecular flexibility index (Phi) is 5.95. The van der Waals surface area contributed by atoms with E-state index in [2.05, 4.69) is 5.32 Å². The Labute approximate surface area is 124 Å². The maximum Gasteiger partial charge on any atom is 0.270 e. The van der Waals surface area contributed by atoms with E-state index in [1.165, 1.54) is 18.9 Å². The molecule has 0 amide bonds. The first-order valence-electron chi connectivity index (χ1n) is 7.42. The molecule has 1 aliphatic carbocycles. The van der Waals surface area contributed by atoms with E-state index in [0.29, 0.717) is 38.2 Å². The molecule has 0 unspecified atom stereocenters. The Morgan fingerprint density at radius 1 is 1.38 bits per heavy atom. The summed E-state index contributed by atoms with van der Waals surface area (Å²) in [5.74, 6) is 0.713. The highest BCUT2D eigenvalue weighted by Crippen LogP contribution is 2.26. The van der Waals surface area contributed by atoms with Gasteiger partial charge in [-0.1, -0.05) is 0 Å². The third-order valence-corrected chi connectivity index (χ3v) is 3.31. The van der Waals surface area contributed by atoms with E-state index in [1.54, 1.807) is 12.1 Å². The Hall–Kier alpha value is -1.66. The predicted octanol–water partition coefficient (Wildman–Crippen LogP) is 2.65. The summed E-state index contributed by atoms with van der Waals surface area (Å²) < 4.78 is 11.0. The zero-order valence-corrected chi connectivity index (χ0v) is 12.3. The molecule has 1 saturated carbocycles. The largest absolute Gasteiger partial charge is 0.493 e. The molecule has 1 N–H and O–H groups in total. The van der Waals surface area contributed by atoms with Crippen molar-refractivity contribution in [1.82, 2.24) is 5.32 Å². The summed E-state index contributed by atoms with van der Waals surface area (Å²) in [5.41, 5.74) is 0.941. The van der Waals surface area contributed by atoms with E-state index >= 15 is 0 Å². The fraction of sp³-hybridized carbons (Fsp3) is 0.600. The number of ether oxygens (including phenoxy) is 2. The van der Waals surface area contributed by atoms with E-state index in [9.17, 15) is 10.1 Å². The van der Waals surface area contributed by atoms with Gasteiger partial charge in [0.25, 0.3) is 5.69 Å². The molecule has 116 valence electrons. The first kappa shape index (κ1) is 15.7. The van der Waals surface area contributed by atoms with Crippen LogP contribution in [-0.4, -0.2) is 30.8 Å². The third kappa shape index (κ3) is 5.32. The van der Waals surface area contributed by atoms with Gasteiger partial charge in [-0.15, -0.1) is 0 Å². The van der Waals surface area contributed by atoms with Gasteiger partial charge >= 0.3 is 0 Å². The topological polar surface area (TPSA) is 73.6 Å². The second-order valence-corrected chi connectivity index (χ2v) is 5.10. The third-order valence-electron chi connectivity index (χ3n) is 3.31. The van der Waals surface area contributed by atoms with Crippen molar-refractivity contribution in [2.45, 2.75) is 38.8 Å². The summed E-state index contributed by atoms with van der Waals surface area (Å²) in [6, 6.07) is 5.31. The van der Waals surface area contributed by atoms with Crippen LogP contribution in [0, 0.1) is 10.1 Å². The average Bonchev–Trinajstić information content (AvgIpc) is 3.29. The number of benzene rings is 1. The Bertz CT molecular complexity index is 475. The van der Waals surface area contributed by atoms with Crippen molar-refractivity contribution in [3.8, 4) is 5.75 Å². The molecule has 1 aromatic carbocycles. The van der Waals surface area contributed by atoms with Crippen LogP contribution in [-0.2, 0) is 11.3 Å². The van der Waals surface area contributed by atoms with Crippen LogP contribution in [0.25, 0.3) is 0 Å². The van der Waals surface area contributed by atoms with Crippen molar-refractivity contribution in [2.24, 2.45) is 0 Å². The molecule has 0 spiro atoms. The number of hydrogen-bond donors (Lipinski definition) is 1. The number of nitro groups is 1. The van der Waals surface area contributed by atoms with Gasteiger partial charge in [0, 0.05) is 49.9 Å². The first-order valence-corrected chi connectivity index (χ1v) is 7.42. The first-order chi connectivity index (χ1) is 10.2. The minimum atomic E-state index is -0.376. The minimum absolute atomic E-state index is 0.101. The zero-order valence-electron chi connectivity index (χ0n) is 12.3. The summed E-state index contributed by atoms with van der Waals surface area (Å²) >= 11 is 0. The Balaban J connectivity index is 1.94. The molecule has 0 bridgehead atoms. The second kappa shape index (κ2) is 7.95. The fourth-order valence-electron chi connectivity index (χ4n) is 1.99. The second-order valence-electron chi connectivity index (χ2n) is 5.10. The lowest BCUT2D eigenvalue weighted by Gasteiger charge is -2.12. The maximum atomic E-state index is 10.9. The van der Waals surface area contributed by atoms with Crippen LogP contribution in [0.4, 0.5) is 5.69 Å². The lowest BCUT2D eigenvalue weighted by Crippen LogP contribution is -2.16. The zero-order chi connectivity index (χ0) is 15.1. The molecular weight excluding hydrogens is 272 g/mol. The summed E-state index contributed by atoms with van der Waals surface area (Å²) in [5, 5.41) is 14.2. The van der Waals surface area contributed by atoms with E-state index in [0.717, 1.165) is 12.0 Å². The maximum absolute atomic E-state index is 10.9. The van der Waals surface area contributed by atoms with Crippen molar-refractivity contribution in [3.05, 3.63) is 33.9 Å². The molecule has 0 heterocycles. The normalized spacial score (nSPS) is 14.1. The molecule has 1 aromatic rings. The quantitative estimate of drug-likeness (QED) is 0.408. The lowest BCUT2D eigenvalue weighted by atomic mass is 10.1. The van der Waals surface area contributed by atoms with Crippen LogP contribution < -0.4 is 10.1 Å². The average molecular weight is 294 g/mol. The van der Waals surface area contributed by atoms with Crippen LogP contribution in [0.15, 0.2) is 18.2 Å². The van der Waals surface area contributed by atoms with Gasteiger partial charge in [0.15, 0.2) is 0 Å². The van der Waals surface area contributed by atoms with Gasteiger partial charge in [0.1, 0.15) is 5.75 Å². The highest BCUT2D eigenvalue weighted by atomic mass is 16.6. The minimum Gasteiger partial charge on any atom is -0.493 e. The highest BCUT2D eigenvalue weighted by molar-refractivity contribution is 5.43. The predicted molar refractivity (Wildman–Crippen MR) is 79.6 cm³/mol. The smallest absolute Gasteiger partial charge is 0.270 e. The van der Waals surface area contributed by atoms with Gasteiger partial charge < -0.3 is 14.8 Å². The van der Waals surface area contributed by atoms with Crippen LogP contribution in [0.3, 0.4) is 0 Å². The number of nitrogens with one attached hydrogen (secondary N) is 1. The summed E-state index contributed by atoms with van der Waals surface area (Å²) in [6.07, 6.45) is 3.17. The lowest BCUT2D eigenvalue weighted by molar-refractivity contribution is -0.384. The number of nitrogens with zero attached hydrogens (tertiary/aromatic N) is 1. The number of nitro benzene ring substituents is 1. The molecule has 0 aromatic heterocycles. The van der Waals surface area contributed by atoms with Crippen molar-refractivity contribution >= 4 is 5.69 Å². The van der Waals surface area contributed by atoms with Gasteiger partial charge in [-0.05, 0) is 25.8 Å². The van der Waals surface area contributed by atoms with Gasteiger partial charge in [0.05, 0.1) is 11.5 Å². The summed E-state index contributed by atoms with van der Waals surface area (Å²) in [4.78, 5) is 10.5. The van der Waals surface area contributed by atoms with Crippen molar-refractivity contribution < 1.29 is 14.4 Å². The Morgan fingerprint density at radius 3 is 2.86 bits per heavy atom. The molecule has 0 aliphatic heterocycles. The molecule has 0 saturated heterocycles. The van der Waals surface area contributed by atoms with E-state index < -0.39 is 0 Å². The van der Waals surface area contributed by atoms with Gasteiger partial charge in [-0.25, -0.2) is 0 Å². The highest BCUT2D eigenvalue weighted by Gasteiger charge is 2.21. The standard InChI is InChI=1S/C15H22N2O4/c1-2-20-8-3-9-21-15-7-6-14(17(18)19)10-12(15)11-16-13-4-5-13/h6-7,10,13,16H,2-5,8-9,11H2,1H3. The number of hydrogen-bond acceptors (Lipinski definition) is 5. The van der Waals surface area contributed by atoms with Gasteiger partial charge in [-0.3, -0.25) is 10.1 Å². The molecular formula is C15H22N2O4. The molecule has 2 rings (SSSR count). The molecule has 1 fully saturated rings. The fourth-order valence-corrected chi connectivity index (χ4v) is 1.99. The van der Waals surface area contributed by atoms with Crippen LogP contribution in [0.5, 0.6) is 5.75 Å². The van der Waals surface area contributed by atoms with E-state index in [-0.39, 0.29) is 10.6 Å². The van der Waals surface area contributed by atoms with Crippen molar-refractivity contribution in [3.63, 3.8) is 0 Å². The van der Waals surface area contributed by atoms with E-state index in [4.69, 9.17) is 9.47 Å².